The maximum absolute atomic E-state index is 12.0. The summed E-state index contributed by atoms with van der Waals surface area (Å²) >= 11 is 0. The lowest BCUT2D eigenvalue weighted by molar-refractivity contribution is -0.129. The Morgan fingerprint density at radius 2 is 2.06 bits per heavy atom. The van der Waals surface area contributed by atoms with E-state index in [1.165, 1.54) is 19.3 Å². The van der Waals surface area contributed by atoms with Crippen LogP contribution in [0.1, 0.15) is 39.5 Å². The smallest absolute Gasteiger partial charge is 0.227 e. The molecular weight excluding hydrogens is 224 g/mol. The van der Waals surface area contributed by atoms with Crippen molar-refractivity contribution in [1.29, 1.82) is 0 Å². The van der Waals surface area contributed by atoms with E-state index in [1.54, 1.807) is 0 Å². The van der Waals surface area contributed by atoms with Crippen molar-refractivity contribution in [3.05, 3.63) is 0 Å². The molecule has 2 fully saturated rings. The minimum atomic E-state index is -0.163. The molecule has 1 saturated carbocycles. The zero-order chi connectivity index (χ0) is 10.9. The van der Waals surface area contributed by atoms with Crippen molar-refractivity contribution in [3.8, 4) is 0 Å². The van der Waals surface area contributed by atoms with Crippen molar-refractivity contribution >= 4 is 18.3 Å². The number of nitrogens with one attached hydrogen (secondary N) is 2. The number of hydrogen-bond acceptors (Lipinski definition) is 2. The molecule has 1 amide bonds. The number of halogens is 1. The van der Waals surface area contributed by atoms with E-state index in [2.05, 4.69) is 24.5 Å². The Hall–Kier alpha value is -0.280. The summed E-state index contributed by atoms with van der Waals surface area (Å²) in [6.45, 7) is 6.98. The molecule has 1 aliphatic carbocycles. The molecule has 1 atom stereocenters. The van der Waals surface area contributed by atoms with Gasteiger partial charge in [0.1, 0.15) is 0 Å². The monoisotopic (exact) mass is 246 g/mol. The quantitative estimate of drug-likeness (QED) is 0.793. The fourth-order valence-electron chi connectivity index (χ4n) is 2.32. The second-order valence-corrected chi connectivity index (χ2v) is 5.52. The normalized spacial score (nSPS) is 30.6. The summed E-state index contributed by atoms with van der Waals surface area (Å²) in [5, 5.41) is 6.40. The largest absolute Gasteiger partial charge is 0.355 e. The lowest BCUT2D eigenvalue weighted by atomic mass is 9.88. The molecule has 94 valence electrons. The highest BCUT2D eigenvalue weighted by Gasteiger charge is 2.42. The molecule has 0 spiro atoms. The summed E-state index contributed by atoms with van der Waals surface area (Å²) in [6.07, 6.45) is 4.75. The Balaban J connectivity index is 0.00000128. The van der Waals surface area contributed by atoms with E-state index in [-0.39, 0.29) is 23.7 Å². The summed E-state index contributed by atoms with van der Waals surface area (Å²) < 4.78 is 0. The van der Waals surface area contributed by atoms with Gasteiger partial charge in [0.25, 0.3) is 0 Å². The van der Waals surface area contributed by atoms with Crippen LogP contribution < -0.4 is 10.6 Å². The molecule has 1 aliphatic heterocycles. The van der Waals surface area contributed by atoms with Crippen molar-refractivity contribution in [1.82, 2.24) is 10.6 Å². The van der Waals surface area contributed by atoms with Crippen LogP contribution in [-0.2, 0) is 4.79 Å². The standard InChI is InChI=1S/C12H22N2O.ClH/c1-3-12(4-5-12)9-14-10(15)11(2)6-7-13-8-11;/h13H,3-9H2,1-2H3,(H,14,15);1H. The molecule has 4 heteroatoms. The van der Waals surface area contributed by atoms with E-state index in [9.17, 15) is 4.79 Å². The van der Waals surface area contributed by atoms with Crippen LogP contribution in [0.2, 0.25) is 0 Å². The lowest BCUT2D eigenvalue weighted by Gasteiger charge is -2.23. The highest BCUT2D eigenvalue weighted by Crippen LogP contribution is 2.48. The van der Waals surface area contributed by atoms with E-state index < -0.39 is 0 Å². The van der Waals surface area contributed by atoms with Gasteiger partial charge in [0.2, 0.25) is 5.91 Å². The van der Waals surface area contributed by atoms with Crippen LogP contribution in [0.4, 0.5) is 0 Å². The maximum Gasteiger partial charge on any atom is 0.227 e. The van der Waals surface area contributed by atoms with Gasteiger partial charge >= 0.3 is 0 Å². The fraction of sp³-hybridized carbons (Fsp3) is 0.917. The lowest BCUT2D eigenvalue weighted by Crippen LogP contribution is -2.42. The molecule has 0 aromatic rings. The predicted molar refractivity (Wildman–Crippen MR) is 67.8 cm³/mol. The summed E-state index contributed by atoms with van der Waals surface area (Å²) in [7, 11) is 0. The van der Waals surface area contributed by atoms with E-state index in [0.29, 0.717) is 5.41 Å². The molecule has 1 saturated heterocycles. The van der Waals surface area contributed by atoms with Gasteiger partial charge in [-0.05, 0) is 44.6 Å². The molecule has 2 aliphatic rings. The van der Waals surface area contributed by atoms with E-state index >= 15 is 0 Å². The molecule has 3 nitrogen and oxygen atoms in total. The third-order valence-electron chi connectivity index (χ3n) is 4.25. The van der Waals surface area contributed by atoms with Crippen LogP contribution in [0.25, 0.3) is 0 Å². The van der Waals surface area contributed by atoms with Crippen molar-refractivity contribution in [2.45, 2.75) is 39.5 Å². The molecule has 2 rings (SSSR count). The third-order valence-corrected chi connectivity index (χ3v) is 4.25. The first kappa shape index (κ1) is 13.8. The summed E-state index contributed by atoms with van der Waals surface area (Å²) in [4.78, 5) is 12.0. The Morgan fingerprint density at radius 1 is 1.38 bits per heavy atom. The number of amides is 1. The van der Waals surface area contributed by atoms with Crippen LogP contribution in [0, 0.1) is 10.8 Å². The van der Waals surface area contributed by atoms with Crippen molar-refractivity contribution in [2.75, 3.05) is 19.6 Å². The summed E-state index contributed by atoms with van der Waals surface area (Å²) in [5.74, 6) is 0.243. The van der Waals surface area contributed by atoms with Crippen LogP contribution in [0.15, 0.2) is 0 Å². The minimum Gasteiger partial charge on any atom is -0.355 e. The Bertz CT molecular complexity index is 258. The molecule has 16 heavy (non-hydrogen) atoms. The van der Waals surface area contributed by atoms with Crippen LogP contribution in [0.5, 0.6) is 0 Å². The second-order valence-electron chi connectivity index (χ2n) is 5.52. The molecule has 0 bridgehead atoms. The third kappa shape index (κ3) is 2.69. The number of rotatable bonds is 4. The number of hydrogen-bond donors (Lipinski definition) is 2. The van der Waals surface area contributed by atoms with Gasteiger partial charge in [-0.15, -0.1) is 12.4 Å². The van der Waals surface area contributed by atoms with Crippen LogP contribution >= 0.6 is 12.4 Å². The van der Waals surface area contributed by atoms with Gasteiger partial charge in [0.15, 0.2) is 0 Å². The number of carbonyl (C=O) groups is 1. The van der Waals surface area contributed by atoms with Gasteiger partial charge < -0.3 is 10.6 Å². The Morgan fingerprint density at radius 3 is 2.50 bits per heavy atom. The zero-order valence-corrected chi connectivity index (χ0v) is 11.1. The average Bonchev–Trinajstić information content (AvgIpc) is 2.90. The second kappa shape index (κ2) is 4.92. The van der Waals surface area contributed by atoms with Crippen LogP contribution in [0.3, 0.4) is 0 Å². The number of carbonyl (C=O) groups excluding carboxylic acids is 1. The molecular formula is C12H23ClN2O. The Labute approximate surface area is 104 Å². The van der Waals surface area contributed by atoms with E-state index in [0.717, 1.165) is 26.1 Å². The average molecular weight is 247 g/mol. The molecule has 1 unspecified atom stereocenters. The van der Waals surface area contributed by atoms with E-state index in [1.807, 2.05) is 0 Å². The SMILES string of the molecule is CCC1(CNC(=O)C2(C)CCNC2)CC1.Cl. The van der Waals surface area contributed by atoms with Crippen LogP contribution in [-0.4, -0.2) is 25.5 Å². The minimum absolute atomic E-state index is 0. The highest BCUT2D eigenvalue weighted by atomic mass is 35.5. The topological polar surface area (TPSA) is 41.1 Å². The van der Waals surface area contributed by atoms with Gasteiger partial charge in [0.05, 0.1) is 5.41 Å². The fourth-order valence-corrected chi connectivity index (χ4v) is 2.32. The molecule has 0 aromatic heterocycles. The first-order valence-corrected chi connectivity index (χ1v) is 6.09. The molecule has 1 heterocycles. The Kier molecular flexibility index (Phi) is 4.24. The van der Waals surface area contributed by atoms with Gasteiger partial charge in [0, 0.05) is 13.1 Å². The van der Waals surface area contributed by atoms with Crippen molar-refractivity contribution in [3.63, 3.8) is 0 Å². The highest BCUT2D eigenvalue weighted by molar-refractivity contribution is 5.85. The first-order valence-electron chi connectivity index (χ1n) is 6.09. The van der Waals surface area contributed by atoms with Crippen molar-refractivity contribution < 1.29 is 4.79 Å². The predicted octanol–water partition coefficient (Wildman–Crippen LogP) is 1.71. The van der Waals surface area contributed by atoms with Gasteiger partial charge in [-0.2, -0.15) is 0 Å². The van der Waals surface area contributed by atoms with Crippen molar-refractivity contribution in [2.24, 2.45) is 10.8 Å². The maximum atomic E-state index is 12.0. The summed E-state index contributed by atoms with van der Waals surface area (Å²) in [5.41, 5.74) is 0.294. The van der Waals surface area contributed by atoms with Gasteiger partial charge in [-0.25, -0.2) is 0 Å². The van der Waals surface area contributed by atoms with Gasteiger partial charge in [-0.3, -0.25) is 4.79 Å². The summed E-state index contributed by atoms with van der Waals surface area (Å²) in [6, 6.07) is 0. The molecule has 0 aromatic carbocycles. The van der Waals surface area contributed by atoms with E-state index in [4.69, 9.17) is 0 Å². The zero-order valence-electron chi connectivity index (χ0n) is 10.3. The molecule has 0 radical (unpaired) electrons. The first-order chi connectivity index (χ1) is 7.10. The molecule has 2 N–H and O–H groups in total. The van der Waals surface area contributed by atoms with Gasteiger partial charge in [-0.1, -0.05) is 6.92 Å².